The predicted octanol–water partition coefficient (Wildman–Crippen LogP) is 3.17. The zero-order valence-corrected chi connectivity index (χ0v) is 14.2. The summed E-state index contributed by atoms with van der Waals surface area (Å²) in [6.45, 7) is 5.38. The number of benzene rings is 2. The van der Waals surface area contributed by atoms with Gasteiger partial charge in [0.05, 0.1) is 5.92 Å². The van der Waals surface area contributed by atoms with Gasteiger partial charge in [0.25, 0.3) is 5.91 Å². The summed E-state index contributed by atoms with van der Waals surface area (Å²) in [5.41, 5.74) is 8.35. The van der Waals surface area contributed by atoms with Crippen LogP contribution < -0.4 is 16.4 Å². The van der Waals surface area contributed by atoms with Crippen molar-refractivity contribution in [3.63, 3.8) is 0 Å². The maximum atomic E-state index is 12.5. The topological polar surface area (TPSA) is 84.2 Å². The maximum Gasteiger partial charge on any atom is 0.256 e. The minimum atomic E-state index is -0.314. The molecule has 0 aromatic heterocycles. The molecular formula is C19H23N3O2. The minimum absolute atomic E-state index is 0.159. The molecule has 126 valence electrons. The van der Waals surface area contributed by atoms with Gasteiger partial charge in [-0.05, 0) is 43.7 Å². The lowest BCUT2D eigenvalue weighted by molar-refractivity contribution is -0.119. The molecule has 0 heterocycles. The second kappa shape index (κ2) is 7.75. The molecule has 2 aromatic rings. The Morgan fingerprint density at radius 3 is 2.25 bits per heavy atom. The van der Waals surface area contributed by atoms with Gasteiger partial charge in [0, 0.05) is 23.0 Å². The number of hydrogen-bond donors (Lipinski definition) is 3. The standard InChI is InChI=1S/C19H23N3O2/c1-12(14(3)20)18(23)22-17-11-7-10-16(13(17)2)19(24)21-15-8-5-4-6-9-15/h4-12,14H,20H2,1-3H3,(H,21,24)(H,22,23). The number of nitrogens with two attached hydrogens (primary N) is 1. The Hall–Kier alpha value is -2.66. The highest BCUT2D eigenvalue weighted by molar-refractivity contribution is 6.06. The minimum Gasteiger partial charge on any atom is -0.327 e. The zero-order chi connectivity index (χ0) is 17.7. The second-order valence-electron chi connectivity index (χ2n) is 5.94. The predicted molar refractivity (Wildman–Crippen MR) is 97.0 cm³/mol. The molecule has 4 N–H and O–H groups in total. The molecule has 0 saturated carbocycles. The van der Waals surface area contributed by atoms with Crippen molar-refractivity contribution in [2.45, 2.75) is 26.8 Å². The van der Waals surface area contributed by atoms with Gasteiger partial charge in [-0.15, -0.1) is 0 Å². The monoisotopic (exact) mass is 325 g/mol. The third kappa shape index (κ3) is 4.20. The maximum absolute atomic E-state index is 12.5. The van der Waals surface area contributed by atoms with Crippen LogP contribution in [-0.4, -0.2) is 17.9 Å². The summed E-state index contributed by atoms with van der Waals surface area (Å²) in [5.74, 6) is -0.685. The molecule has 2 rings (SSSR count). The number of amides is 2. The lowest BCUT2D eigenvalue weighted by Crippen LogP contribution is -2.34. The fraction of sp³-hybridized carbons (Fsp3) is 0.263. The molecule has 5 nitrogen and oxygen atoms in total. The summed E-state index contributed by atoms with van der Waals surface area (Å²) in [5, 5.41) is 5.70. The summed E-state index contributed by atoms with van der Waals surface area (Å²) >= 11 is 0. The molecule has 2 aromatic carbocycles. The molecule has 0 fully saturated rings. The van der Waals surface area contributed by atoms with E-state index in [9.17, 15) is 9.59 Å². The molecule has 0 radical (unpaired) electrons. The molecule has 2 unspecified atom stereocenters. The summed E-state index contributed by atoms with van der Waals surface area (Å²) in [4.78, 5) is 24.7. The second-order valence-corrected chi connectivity index (χ2v) is 5.94. The Bertz CT molecular complexity index is 727. The molecule has 0 aliphatic carbocycles. The van der Waals surface area contributed by atoms with Gasteiger partial charge < -0.3 is 16.4 Å². The van der Waals surface area contributed by atoms with Crippen LogP contribution in [0.15, 0.2) is 48.5 Å². The van der Waals surface area contributed by atoms with Crippen molar-refractivity contribution in [3.8, 4) is 0 Å². The van der Waals surface area contributed by atoms with Gasteiger partial charge in [-0.1, -0.05) is 31.2 Å². The molecule has 0 aliphatic heterocycles. The van der Waals surface area contributed by atoms with E-state index >= 15 is 0 Å². The van der Waals surface area contributed by atoms with Crippen molar-refractivity contribution in [3.05, 3.63) is 59.7 Å². The van der Waals surface area contributed by atoms with Crippen molar-refractivity contribution in [1.82, 2.24) is 0 Å². The van der Waals surface area contributed by atoms with Crippen LogP contribution in [0.2, 0.25) is 0 Å². The number of hydrogen-bond acceptors (Lipinski definition) is 3. The first-order valence-corrected chi connectivity index (χ1v) is 7.92. The SMILES string of the molecule is Cc1c(NC(=O)C(C)C(C)N)cccc1C(=O)Nc1ccccc1. The molecule has 2 amide bonds. The molecule has 24 heavy (non-hydrogen) atoms. The molecular weight excluding hydrogens is 302 g/mol. The first-order chi connectivity index (χ1) is 11.4. The fourth-order valence-corrected chi connectivity index (χ4v) is 2.22. The Labute approximate surface area is 142 Å². The number of para-hydroxylation sites is 1. The molecule has 0 saturated heterocycles. The molecule has 0 bridgehead atoms. The van der Waals surface area contributed by atoms with E-state index in [0.29, 0.717) is 11.3 Å². The highest BCUT2D eigenvalue weighted by Gasteiger charge is 2.19. The van der Waals surface area contributed by atoms with Crippen LogP contribution >= 0.6 is 0 Å². The van der Waals surface area contributed by atoms with Gasteiger partial charge in [-0.25, -0.2) is 0 Å². The van der Waals surface area contributed by atoms with Crippen molar-refractivity contribution in [2.75, 3.05) is 10.6 Å². The van der Waals surface area contributed by atoms with E-state index in [1.165, 1.54) is 0 Å². The average Bonchev–Trinajstić information content (AvgIpc) is 2.56. The van der Waals surface area contributed by atoms with Crippen LogP contribution in [-0.2, 0) is 4.79 Å². The van der Waals surface area contributed by atoms with Gasteiger partial charge in [-0.3, -0.25) is 9.59 Å². The van der Waals surface area contributed by atoms with E-state index in [0.717, 1.165) is 11.3 Å². The van der Waals surface area contributed by atoms with Gasteiger partial charge in [0.2, 0.25) is 5.91 Å². The number of carbonyl (C=O) groups excluding carboxylic acids is 2. The summed E-state index contributed by atoms with van der Waals surface area (Å²) in [6, 6.07) is 14.3. The van der Waals surface area contributed by atoms with Crippen molar-refractivity contribution < 1.29 is 9.59 Å². The fourth-order valence-electron chi connectivity index (χ4n) is 2.22. The van der Waals surface area contributed by atoms with Crippen LogP contribution in [0, 0.1) is 12.8 Å². The Kier molecular flexibility index (Phi) is 5.71. The summed E-state index contributed by atoms with van der Waals surface area (Å²) in [7, 11) is 0. The van der Waals surface area contributed by atoms with Crippen molar-refractivity contribution in [1.29, 1.82) is 0 Å². The third-order valence-corrected chi connectivity index (χ3v) is 4.07. The lowest BCUT2D eigenvalue weighted by Gasteiger charge is -2.17. The van der Waals surface area contributed by atoms with Gasteiger partial charge >= 0.3 is 0 Å². The van der Waals surface area contributed by atoms with Crippen LogP contribution in [0.5, 0.6) is 0 Å². The van der Waals surface area contributed by atoms with E-state index < -0.39 is 0 Å². The van der Waals surface area contributed by atoms with E-state index in [-0.39, 0.29) is 23.8 Å². The summed E-state index contributed by atoms with van der Waals surface area (Å²) < 4.78 is 0. The zero-order valence-electron chi connectivity index (χ0n) is 14.2. The van der Waals surface area contributed by atoms with E-state index in [1.54, 1.807) is 32.0 Å². The average molecular weight is 325 g/mol. The van der Waals surface area contributed by atoms with Gasteiger partial charge in [0.15, 0.2) is 0 Å². The lowest BCUT2D eigenvalue weighted by atomic mass is 10.0. The summed E-state index contributed by atoms with van der Waals surface area (Å²) in [6.07, 6.45) is 0. The van der Waals surface area contributed by atoms with Crippen LogP contribution in [0.4, 0.5) is 11.4 Å². The molecule has 2 atom stereocenters. The Morgan fingerprint density at radius 1 is 0.958 bits per heavy atom. The van der Waals surface area contributed by atoms with Gasteiger partial charge in [0.1, 0.15) is 0 Å². The molecule has 0 aliphatic rings. The van der Waals surface area contributed by atoms with E-state index in [1.807, 2.05) is 37.3 Å². The van der Waals surface area contributed by atoms with Crippen LogP contribution in [0.3, 0.4) is 0 Å². The third-order valence-electron chi connectivity index (χ3n) is 4.07. The van der Waals surface area contributed by atoms with E-state index in [2.05, 4.69) is 10.6 Å². The van der Waals surface area contributed by atoms with Crippen molar-refractivity contribution >= 4 is 23.2 Å². The van der Waals surface area contributed by atoms with E-state index in [4.69, 9.17) is 5.73 Å². The smallest absolute Gasteiger partial charge is 0.256 e. The number of carbonyl (C=O) groups is 2. The number of nitrogens with one attached hydrogen (secondary N) is 2. The first kappa shape index (κ1) is 17.7. The molecule has 5 heteroatoms. The number of rotatable bonds is 5. The first-order valence-electron chi connectivity index (χ1n) is 7.92. The number of anilines is 2. The Balaban J connectivity index is 2.18. The quantitative estimate of drug-likeness (QED) is 0.789. The van der Waals surface area contributed by atoms with Crippen LogP contribution in [0.25, 0.3) is 0 Å². The molecule has 0 spiro atoms. The largest absolute Gasteiger partial charge is 0.327 e. The normalized spacial score (nSPS) is 13.0. The Morgan fingerprint density at radius 2 is 1.62 bits per heavy atom. The van der Waals surface area contributed by atoms with Crippen LogP contribution in [0.1, 0.15) is 29.8 Å². The van der Waals surface area contributed by atoms with Crippen molar-refractivity contribution in [2.24, 2.45) is 11.7 Å². The van der Waals surface area contributed by atoms with Gasteiger partial charge in [-0.2, -0.15) is 0 Å². The highest BCUT2D eigenvalue weighted by atomic mass is 16.2. The highest BCUT2D eigenvalue weighted by Crippen LogP contribution is 2.21.